The van der Waals surface area contributed by atoms with Crippen LogP contribution in [0, 0.1) is 6.92 Å². The minimum atomic E-state index is -5.69. The van der Waals surface area contributed by atoms with Gasteiger partial charge in [0.1, 0.15) is 5.75 Å². The van der Waals surface area contributed by atoms with E-state index in [0.717, 1.165) is 12.1 Å². The van der Waals surface area contributed by atoms with Gasteiger partial charge in [-0.1, -0.05) is 0 Å². The van der Waals surface area contributed by atoms with E-state index in [1.54, 1.807) is 6.92 Å². The van der Waals surface area contributed by atoms with Crippen molar-refractivity contribution in [3.05, 3.63) is 30.1 Å². The Morgan fingerprint density at radius 3 is 2.00 bits per heavy atom. The summed E-state index contributed by atoms with van der Waals surface area (Å²) in [5.74, 6) is 0.0184. The van der Waals surface area contributed by atoms with Crippen molar-refractivity contribution in [2.24, 2.45) is 0 Å². The van der Waals surface area contributed by atoms with Crippen LogP contribution < -0.4 is 4.18 Å². The molecule has 11 heteroatoms. The summed E-state index contributed by atoms with van der Waals surface area (Å²) in [6, 6.07) is 4.66. The zero-order chi connectivity index (χ0) is 15.7. The average molecular weight is 320 g/mol. The van der Waals surface area contributed by atoms with E-state index < -0.39 is 21.4 Å². The second-order valence-electron chi connectivity index (χ2n) is 3.78. The molecule has 0 saturated heterocycles. The van der Waals surface area contributed by atoms with Gasteiger partial charge >= 0.3 is 15.6 Å². The molecule has 0 N–H and O–H groups in total. The van der Waals surface area contributed by atoms with Crippen molar-refractivity contribution < 1.29 is 25.8 Å². The van der Waals surface area contributed by atoms with Gasteiger partial charge in [0.05, 0.1) is 0 Å². The number of benzene rings is 1. The van der Waals surface area contributed by atoms with Gasteiger partial charge in [-0.15, -0.1) is 20.4 Å². The molecule has 7 nitrogen and oxygen atoms in total. The topological polar surface area (TPSA) is 94.9 Å². The summed E-state index contributed by atoms with van der Waals surface area (Å²) >= 11 is 0. The van der Waals surface area contributed by atoms with Gasteiger partial charge in [0.25, 0.3) is 0 Å². The van der Waals surface area contributed by atoms with Crippen LogP contribution in [0.2, 0.25) is 0 Å². The normalized spacial score (nSPS) is 12.2. The number of hydrogen-bond donors (Lipinski definition) is 0. The van der Waals surface area contributed by atoms with E-state index in [1.165, 1.54) is 12.1 Å². The maximum atomic E-state index is 12.2. The molecule has 0 spiro atoms. The van der Waals surface area contributed by atoms with E-state index in [2.05, 4.69) is 24.6 Å². The number of aromatic nitrogens is 4. The molecule has 21 heavy (non-hydrogen) atoms. The maximum absolute atomic E-state index is 12.2. The van der Waals surface area contributed by atoms with Gasteiger partial charge in [0, 0.05) is 5.56 Å². The molecule has 0 saturated carbocycles. The van der Waals surface area contributed by atoms with Gasteiger partial charge < -0.3 is 4.18 Å². The second-order valence-corrected chi connectivity index (χ2v) is 5.32. The first-order chi connectivity index (χ1) is 9.69. The number of nitrogens with zero attached hydrogens (tertiary/aromatic N) is 4. The summed E-state index contributed by atoms with van der Waals surface area (Å²) in [5, 5.41) is 14.8. The van der Waals surface area contributed by atoms with Crippen molar-refractivity contribution in [3.63, 3.8) is 0 Å². The minimum absolute atomic E-state index is 0.144. The highest BCUT2D eigenvalue weighted by atomic mass is 32.2. The molecular weight excluding hydrogens is 313 g/mol. The van der Waals surface area contributed by atoms with E-state index in [1.807, 2.05) is 0 Å². The number of aryl methyl sites for hydroxylation is 1. The molecule has 0 atom stereocenters. The summed E-state index contributed by atoms with van der Waals surface area (Å²) in [6.07, 6.45) is 0. The van der Waals surface area contributed by atoms with E-state index >= 15 is 0 Å². The molecule has 2 aromatic rings. The standard InChI is InChI=1S/C10H7F3N4O3S/c1-6-14-16-9(17-15-6)7-2-4-8(5-3-7)20-21(18,19)10(11,12)13/h2-5H,1H3. The summed E-state index contributed by atoms with van der Waals surface area (Å²) in [4.78, 5) is 0. The van der Waals surface area contributed by atoms with Crippen LogP contribution >= 0.6 is 0 Å². The number of hydrogen-bond acceptors (Lipinski definition) is 7. The van der Waals surface area contributed by atoms with Gasteiger partial charge in [-0.3, -0.25) is 0 Å². The van der Waals surface area contributed by atoms with Gasteiger partial charge in [-0.05, 0) is 31.2 Å². The van der Waals surface area contributed by atoms with Crippen LogP contribution in [0.15, 0.2) is 24.3 Å². The van der Waals surface area contributed by atoms with Crippen molar-refractivity contribution in [1.82, 2.24) is 20.4 Å². The highest BCUT2D eigenvalue weighted by molar-refractivity contribution is 7.87. The number of rotatable bonds is 3. The molecule has 1 aromatic heterocycles. The Kier molecular flexibility index (Phi) is 3.77. The van der Waals surface area contributed by atoms with Crippen LogP contribution in [0.4, 0.5) is 13.2 Å². The first kappa shape index (κ1) is 15.1. The molecule has 0 amide bonds. The van der Waals surface area contributed by atoms with E-state index in [4.69, 9.17) is 0 Å². The minimum Gasteiger partial charge on any atom is -0.376 e. The van der Waals surface area contributed by atoms with Gasteiger partial charge in [-0.2, -0.15) is 21.6 Å². The van der Waals surface area contributed by atoms with Crippen LogP contribution in [0.5, 0.6) is 5.75 Å². The molecule has 0 fully saturated rings. The third-order valence-corrected chi connectivity index (χ3v) is 3.16. The Hall–Kier alpha value is -2.30. The Bertz CT molecular complexity index is 730. The fraction of sp³-hybridized carbons (Fsp3) is 0.200. The van der Waals surface area contributed by atoms with E-state index in [-0.39, 0.29) is 5.82 Å². The van der Waals surface area contributed by atoms with Crippen LogP contribution in [0.25, 0.3) is 11.4 Å². The lowest BCUT2D eigenvalue weighted by Crippen LogP contribution is -2.28. The summed E-state index contributed by atoms with van der Waals surface area (Å²) in [6.45, 7) is 1.59. The zero-order valence-corrected chi connectivity index (χ0v) is 11.2. The lowest BCUT2D eigenvalue weighted by atomic mass is 10.2. The smallest absolute Gasteiger partial charge is 0.376 e. The fourth-order valence-corrected chi connectivity index (χ4v) is 1.69. The molecule has 112 valence electrons. The Morgan fingerprint density at radius 2 is 1.52 bits per heavy atom. The third kappa shape index (κ3) is 3.42. The quantitative estimate of drug-likeness (QED) is 0.624. The van der Waals surface area contributed by atoms with Crippen molar-refractivity contribution in [2.75, 3.05) is 0 Å². The van der Waals surface area contributed by atoms with Crippen molar-refractivity contribution in [3.8, 4) is 17.1 Å². The number of halogens is 3. The van der Waals surface area contributed by atoms with E-state index in [0.29, 0.717) is 11.4 Å². The molecule has 0 aliphatic rings. The van der Waals surface area contributed by atoms with Gasteiger partial charge in [0.2, 0.25) is 5.82 Å². The van der Waals surface area contributed by atoms with Crippen LogP contribution in [0.1, 0.15) is 5.82 Å². The fourth-order valence-electron chi connectivity index (χ4n) is 1.23. The average Bonchev–Trinajstić information content (AvgIpc) is 2.39. The lowest BCUT2D eigenvalue weighted by Gasteiger charge is -2.09. The monoisotopic (exact) mass is 320 g/mol. The Labute approximate surface area is 116 Å². The summed E-state index contributed by atoms with van der Waals surface area (Å²) < 4.78 is 62.1. The van der Waals surface area contributed by atoms with Gasteiger partial charge in [-0.25, -0.2) is 0 Å². The van der Waals surface area contributed by atoms with Crippen molar-refractivity contribution in [2.45, 2.75) is 12.4 Å². The molecule has 1 heterocycles. The van der Waals surface area contributed by atoms with Crippen molar-refractivity contribution in [1.29, 1.82) is 0 Å². The first-order valence-electron chi connectivity index (χ1n) is 5.34. The molecule has 0 radical (unpaired) electrons. The molecule has 0 unspecified atom stereocenters. The predicted molar refractivity (Wildman–Crippen MR) is 63.4 cm³/mol. The Morgan fingerprint density at radius 1 is 1.00 bits per heavy atom. The molecule has 0 aliphatic heterocycles. The molecule has 2 rings (SSSR count). The Balaban J connectivity index is 2.22. The summed E-state index contributed by atoms with van der Waals surface area (Å²) in [5.41, 5.74) is -5.09. The molecular formula is C10H7F3N4O3S. The highest BCUT2D eigenvalue weighted by Gasteiger charge is 2.48. The maximum Gasteiger partial charge on any atom is 0.534 e. The van der Waals surface area contributed by atoms with Crippen LogP contribution in [-0.2, 0) is 10.1 Å². The lowest BCUT2D eigenvalue weighted by molar-refractivity contribution is -0.0500. The number of alkyl halides is 3. The van der Waals surface area contributed by atoms with Crippen LogP contribution in [-0.4, -0.2) is 34.3 Å². The second kappa shape index (κ2) is 5.24. The third-order valence-electron chi connectivity index (χ3n) is 2.18. The van der Waals surface area contributed by atoms with Crippen molar-refractivity contribution >= 4 is 10.1 Å². The van der Waals surface area contributed by atoms with Crippen LogP contribution in [0.3, 0.4) is 0 Å². The van der Waals surface area contributed by atoms with E-state index in [9.17, 15) is 21.6 Å². The highest BCUT2D eigenvalue weighted by Crippen LogP contribution is 2.27. The molecule has 0 bridgehead atoms. The molecule has 0 aliphatic carbocycles. The largest absolute Gasteiger partial charge is 0.534 e. The predicted octanol–water partition coefficient (Wildman–Crippen LogP) is 1.47. The van der Waals surface area contributed by atoms with Gasteiger partial charge in [0.15, 0.2) is 5.82 Å². The SMILES string of the molecule is Cc1nnc(-c2ccc(OS(=O)(=O)C(F)(F)F)cc2)nn1. The summed E-state index contributed by atoms with van der Waals surface area (Å²) in [7, 11) is -5.69. The molecule has 1 aromatic carbocycles. The zero-order valence-electron chi connectivity index (χ0n) is 10.4. The first-order valence-corrected chi connectivity index (χ1v) is 6.75.